The molecule has 6 heteroatoms. The van der Waals surface area contributed by atoms with Crippen LogP contribution in [0.3, 0.4) is 0 Å². The maximum Gasteiger partial charge on any atom is 0.187 e. The quantitative estimate of drug-likeness (QED) is 0.519. The zero-order valence-corrected chi connectivity index (χ0v) is 10.1. The lowest BCUT2D eigenvalue weighted by atomic mass is 9.99. The molecule has 18 heavy (non-hydrogen) atoms. The molecule has 0 bridgehead atoms. The first kappa shape index (κ1) is 15.3. The molecule has 0 amide bonds. The lowest BCUT2D eigenvalue weighted by molar-refractivity contribution is -0.305. The summed E-state index contributed by atoms with van der Waals surface area (Å²) in [6, 6.07) is 0. The Morgan fingerprint density at radius 3 is 2.22 bits per heavy atom. The van der Waals surface area contributed by atoms with Crippen molar-refractivity contribution < 1.29 is 29.5 Å². The van der Waals surface area contributed by atoms with Crippen molar-refractivity contribution in [1.82, 2.24) is 0 Å². The second kappa shape index (κ2) is 7.63. The number of aliphatic hydroxyl groups is 3. The van der Waals surface area contributed by atoms with E-state index < -0.39 is 37.3 Å². The Kier molecular flexibility index (Phi) is 6.48. The molecule has 1 aliphatic heterocycles. The molecule has 1 rings (SSSR count). The molecule has 0 aromatic carbocycles. The van der Waals surface area contributed by atoms with Crippen LogP contribution >= 0.6 is 0 Å². The van der Waals surface area contributed by atoms with Crippen molar-refractivity contribution in [2.45, 2.75) is 30.7 Å². The van der Waals surface area contributed by atoms with Crippen molar-refractivity contribution in [1.29, 1.82) is 0 Å². The summed E-state index contributed by atoms with van der Waals surface area (Å²) in [7, 11) is 0. The van der Waals surface area contributed by atoms with Crippen molar-refractivity contribution in [3.8, 4) is 0 Å². The van der Waals surface area contributed by atoms with E-state index in [2.05, 4.69) is 13.2 Å². The number of ether oxygens (including phenoxy) is 3. The van der Waals surface area contributed by atoms with Gasteiger partial charge in [0.15, 0.2) is 6.29 Å². The summed E-state index contributed by atoms with van der Waals surface area (Å²) in [5, 5.41) is 28.7. The first-order valence-corrected chi connectivity index (χ1v) is 5.73. The number of aliphatic hydroxyl groups excluding tert-OH is 3. The summed E-state index contributed by atoms with van der Waals surface area (Å²) in [4.78, 5) is 0. The highest BCUT2D eigenvalue weighted by Gasteiger charge is 2.45. The van der Waals surface area contributed by atoms with Crippen LogP contribution in [0.2, 0.25) is 0 Å². The van der Waals surface area contributed by atoms with Crippen molar-refractivity contribution >= 4 is 0 Å². The van der Waals surface area contributed by atoms with Crippen LogP contribution in [0.25, 0.3) is 0 Å². The minimum atomic E-state index is -1.23. The van der Waals surface area contributed by atoms with Gasteiger partial charge in [-0.15, -0.1) is 13.2 Å². The molecule has 1 heterocycles. The van der Waals surface area contributed by atoms with Gasteiger partial charge >= 0.3 is 0 Å². The molecule has 0 saturated carbocycles. The van der Waals surface area contributed by atoms with Crippen LogP contribution in [0.1, 0.15) is 0 Å². The minimum absolute atomic E-state index is 0.190. The van der Waals surface area contributed by atoms with Gasteiger partial charge in [0.05, 0.1) is 19.8 Å². The number of rotatable bonds is 7. The molecule has 3 N–H and O–H groups in total. The Labute approximate surface area is 106 Å². The second-order valence-electron chi connectivity index (χ2n) is 3.92. The van der Waals surface area contributed by atoms with E-state index in [1.165, 1.54) is 12.2 Å². The van der Waals surface area contributed by atoms with Crippen LogP contribution in [-0.4, -0.2) is 65.8 Å². The van der Waals surface area contributed by atoms with Crippen molar-refractivity contribution in [3.05, 3.63) is 25.3 Å². The zero-order valence-electron chi connectivity index (χ0n) is 10.1. The fourth-order valence-corrected chi connectivity index (χ4v) is 1.71. The van der Waals surface area contributed by atoms with Gasteiger partial charge in [-0.25, -0.2) is 0 Å². The molecule has 6 nitrogen and oxygen atoms in total. The van der Waals surface area contributed by atoms with Gasteiger partial charge < -0.3 is 29.5 Å². The lowest BCUT2D eigenvalue weighted by Crippen LogP contribution is -2.60. The predicted octanol–water partition coefficient (Wildman–Crippen LogP) is -0.801. The Bertz CT molecular complexity index is 269. The molecule has 0 aliphatic carbocycles. The molecule has 0 radical (unpaired) electrons. The lowest BCUT2D eigenvalue weighted by Gasteiger charge is -2.41. The Morgan fingerprint density at radius 2 is 1.67 bits per heavy atom. The van der Waals surface area contributed by atoms with Crippen molar-refractivity contribution in [2.75, 3.05) is 19.8 Å². The molecule has 1 fully saturated rings. The monoisotopic (exact) mass is 260 g/mol. The normalized spacial score (nSPS) is 36.3. The fourth-order valence-electron chi connectivity index (χ4n) is 1.71. The molecular weight excluding hydrogens is 240 g/mol. The summed E-state index contributed by atoms with van der Waals surface area (Å²) in [6.45, 7) is 6.99. The van der Waals surface area contributed by atoms with Crippen molar-refractivity contribution in [3.63, 3.8) is 0 Å². The number of hydrogen-bond acceptors (Lipinski definition) is 6. The van der Waals surface area contributed by atoms with Crippen LogP contribution in [0, 0.1) is 0 Å². The topological polar surface area (TPSA) is 88.4 Å². The molecule has 5 atom stereocenters. The highest BCUT2D eigenvalue weighted by Crippen LogP contribution is 2.24. The van der Waals surface area contributed by atoms with Gasteiger partial charge in [-0.2, -0.15) is 0 Å². The van der Waals surface area contributed by atoms with E-state index in [0.717, 1.165) is 0 Å². The average molecular weight is 260 g/mol. The zero-order chi connectivity index (χ0) is 13.5. The highest BCUT2D eigenvalue weighted by molar-refractivity contribution is 4.91. The van der Waals surface area contributed by atoms with Crippen molar-refractivity contribution in [2.24, 2.45) is 0 Å². The Morgan fingerprint density at radius 1 is 1.06 bits per heavy atom. The van der Waals surface area contributed by atoms with E-state index in [1.807, 2.05) is 0 Å². The van der Waals surface area contributed by atoms with Gasteiger partial charge in [-0.1, -0.05) is 12.2 Å². The third-order valence-electron chi connectivity index (χ3n) is 2.61. The summed E-state index contributed by atoms with van der Waals surface area (Å²) >= 11 is 0. The number of hydrogen-bond donors (Lipinski definition) is 3. The van der Waals surface area contributed by atoms with Crippen LogP contribution in [-0.2, 0) is 14.2 Å². The largest absolute Gasteiger partial charge is 0.394 e. The summed E-state index contributed by atoms with van der Waals surface area (Å²) in [6.07, 6.45) is -2.02. The Hall–Kier alpha value is -0.760. The van der Waals surface area contributed by atoms with E-state index in [1.54, 1.807) is 0 Å². The smallest absolute Gasteiger partial charge is 0.187 e. The summed E-state index contributed by atoms with van der Waals surface area (Å²) < 4.78 is 16.0. The van der Waals surface area contributed by atoms with Gasteiger partial charge in [-0.3, -0.25) is 0 Å². The van der Waals surface area contributed by atoms with E-state index in [-0.39, 0.29) is 13.2 Å². The van der Waals surface area contributed by atoms with Crippen LogP contribution < -0.4 is 0 Å². The van der Waals surface area contributed by atoms with E-state index in [4.69, 9.17) is 19.3 Å². The molecule has 104 valence electrons. The molecule has 0 spiro atoms. The predicted molar refractivity (Wildman–Crippen MR) is 63.8 cm³/mol. The summed E-state index contributed by atoms with van der Waals surface area (Å²) in [5.41, 5.74) is 0. The van der Waals surface area contributed by atoms with Crippen LogP contribution in [0.15, 0.2) is 25.3 Å². The molecule has 0 aromatic heterocycles. The summed E-state index contributed by atoms with van der Waals surface area (Å²) in [5.74, 6) is 0. The molecule has 1 unspecified atom stereocenters. The third kappa shape index (κ3) is 3.61. The molecule has 0 aromatic rings. The van der Waals surface area contributed by atoms with E-state index in [0.29, 0.717) is 0 Å². The van der Waals surface area contributed by atoms with Gasteiger partial charge in [-0.05, 0) is 0 Å². The van der Waals surface area contributed by atoms with Gasteiger partial charge in [0, 0.05) is 0 Å². The van der Waals surface area contributed by atoms with Gasteiger partial charge in [0.2, 0.25) is 0 Å². The van der Waals surface area contributed by atoms with Gasteiger partial charge in [0.25, 0.3) is 0 Å². The SMILES string of the molecule is C=CCOC1O[C@H](CO)[C@@H](O)[C@H](O)[C@H]1OCC=C. The van der Waals surface area contributed by atoms with E-state index >= 15 is 0 Å². The molecule has 1 aliphatic rings. The Balaban J connectivity index is 2.72. The van der Waals surface area contributed by atoms with E-state index in [9.17, 15) is 10.2 Å². The first-order valence-electron chi connectivity index (χ1n) is 5.73. The standard InChI is InChI=1S/C12H20O6/c1-3-5-16-11-10(15)9(14)8(7-13)18-12(11)17-6-4-2/h3-4,8-15H,1-2,5-7H2/t8-,9-,10+,11-,12?/m1/s1. The maximum atomic E-state index is 9.93. The first-order chi connectivity index (χ1) is 8.65. The third-order valence-corrected chi connectivity index (χ3v) is 2.61. The highest BCUT2D eigenvalue weighted by atomic mass is 16.7. The molecular formula is C12H20O6. The van der Waals surface area contributed by atoms with Crippen LogP contribution in [0.5, 0.6) is 0 Å². The maximum absolute atomic E-state index is 9.93. The second-order valence-corrected chi connectivity index (χ2v) is 3.92. The van der Waals surface area contributed by atoms with Crippen LogP contribution in [0.4, 0.5) is 0 Å². The molecule has 1 saturated heterocycles. The minimum Gasteiger partial charge on any atom is -0.394 e. The fraction of sp³-hybridized carbons (Fsp3) is 0.667. The average Bonchev–Trinajstić information content (AvgIpc) is 2.39. The van der Waals surface area contributed by atoms with Gasteiger partial charge in [0.1, 0.15) is 24.4 Å².